The summed E-state index contributed by atoms with van der Waals surface area (Å²) in [6.45, 7) is 4.09. The van der Waals surface area contributed by atoms with Crippen molar-refractivity contribution < 1.29 is 9.59 Å². The number of hydrogen-bond donors (Lipinski definition) is 1. The Labute approximate surface area is 137 Å². The van der Waals surface area contributed by atoms with Gasteiger partial charge in [-0.1, -0.05) is 12.8 Å². The number of halogens is 1. The van der Waals surface area contributed by atoms with Crippen LogP contribution in [0.25, 0.3) is 0 Å². The van der Waals surface area contributed by atoms with Gasteiger partial charge < -0.3 is 10.2 Å². The summed E-state index contributed by atoms with van der Waals surface area (Å²) in [5, 5.41) is 2.92. The van der Waals surface area contributed by atoms with Crippen molar-refractivity contribution in [3.05, 3.63) is 20.8 Å². The fraction of sp³-hybridized carbons (Fsp3) is 0.600. The monoisotopic (exact) mass is 370 g/mol. The summed E-state index contributed by atoms with van der Waals surface area (Å²) in [5.74, 6) is 0.0359. The standard InChI is InChI=1S/C15H19BrN2O2S/c1-14(2)13(20)18(9-10-5-6-11(16)21-10)15(12(19)17-14)7-3-4-8-15/h5-6H,3-4,7-9H2,1-2H3,(H,17,19). The topological polar surface area (TPSA) is 49.4 Å². The zero-order chi connectivity index (χ0) is 15.3. The highest BCUT2D eigenvalue weighted by atomic mass is 79.9. The first-order valence-corrected chi connectivity index (χ1v) is 8.85. The Hall–Kier alpha value is -0.880. The van der Waals surface area contributed by atoms with Crippen molar-refractivity contribution in [3.63, 3.8) is 0 Å². The van der Waals surface area contributed by atoms with Crippen molar-refractivity contribution in [2.75, 3.05) is 0 Å². The van der Waals surface area contributed by atoms with E-state index in [-0.39, 0.29) is 11.8 Å². The highest BCUT2D eigenvalue weighted by molar-refractivity contribution is 9.11. The van der Waals surface area contributed by atoms with E-state index in [0.29, 0.717) is 6.54 Å². The van der Waals surface area contributed by atoms with Crippen LogP contribution in [0.4, 0.5) is 0 Å². The molecule has 1 N–H and O–H groups in total. The second-order valence-corrected chi connectivity index (χ2v) is 8.96. The third-order valence-corrected chi connectivity index (χ3v) is 6.13. The van der Waals surface area contributed by atoms with Crippen LogP contribution in [-0.2, 0) is 16.1 Å². The third-order valence-electron chi connectivity index (χ3n) is 4.52. The Morgan fingerprint density at radius 3 is 2.52 bits per heavy atom. The van der Waals surface area contributed by atoms with Crippen molar-refractivity contribution >= 4 is 39.1 Å². The van der Waals surface area contributed by atoms with Gasteiger partial charge >= 0.3 is 0 Å². The van der Waals surface area contributed by atoms with Crippen LogP contribution in [0.1, 0.15) is 44.4 Å². The van der Waals surface area contributed by atoms with Gasteiger partial charge in [0, 0.05) is 4.88 Å². The lowest BCUT2D eigenvalue weighted by atomic mass is 9.85. The SMILES string of the molecule is CC1(C)NC(=O)C2(CCCC2)N(Cc2ccc(Br)s2)C1=O. The van der Waals surface area contributed by atoms with Crippen LogP contribution in [0.5, 0.6) is 0 Å². The molecule has 0 unspecified atom stereocenters. The molecule has 1 aliphatic carbocycles. The minimum absolute atomic E-state index is 0.0141. The summed E-state index contributed by atoms with van der Waals surface area (Å²) in [4.78, 5) is 28.5. The van der Waals surface area contributed by atoms with Crippen molar-refractivity contribution in [2.45, 2.75) is 57.2 Å². The van der Waals surface area contributed by atoms with Gasteiger partial charge in [0.1, 0.15) is 11.1 Å². The molecule has 114 valence electrons. The molecule has 2 fully saturated rings. The van der Waals surface area contributed by atoms with Crippen LogP contribution in [0, 0.1) is 0 Å². The largest absolute Gasteiger partial charge is 0.340 e. The van der Waals surface area contributed by atoms with E-state index >= 15 is 0 Å². The molecule has 2 aliphatic rings. The van der Waals surface area contributed by atoms with Gasteiger partial charge in [0.15, 0.2) is 0 Å². The third kappa shape index (κ3) is 2.42. The summed E-state index contributed by atoms with van der Waals surface area (Å²) in [6, 6.07) is 4.01. The van der Waals surface area contributed by atoms with Crippen LogP contribution in [0.15, 0.2) is 15.9 Å². The molecule has 1 aromatic heterocycles. The van der Waals surface area contributed by atoms with E-state index in [4.69, 9.17) is 0 Å². The van der Waals surface area contributed by atoms with E-state index in [2.05, 4.69) is 21.2 Å². The molecule has 2 amide bonds. The van der Waals surface area contributed by atoms with Crippen LogP contribution in [0.2, 0.25) is 0 Å². The minimum atomic E-state index is -0.820. The summed E-state index contributed by atoms with van der Waals surface area (Å²) in [7, 11) is 0. The lowest BCUT2D eigenvalue weighted by Gasteiger charge is -2.49. The predicted octanol–water partition coefficient (Wildman–Crippen LogP) is 3.06. The second-order valence-electron chi connectivity index (χ2n) is 6.41. The Balaban J connectivity index is 1.98. The fourth-order valence-electron chi connectivity index (χ4n) is 3.38. The number of carbonyl (C=O) groups is 2. The molecule has 3 rings (SSSR count). The molecule has 1 aliphatic heterocycles. The molecule has 6 heteroatoms. The average Bonchev–Trinajstić information content (AvgIpc) is 3.03. The number of rotatable bonds is 2. The van der Waals surface area contributed by atoms with Crippen LogP contribution >= 0.6 is 27.3 Å². The molecule has 2 heterocycles. The number of thiophene rings is 1. The number of carbonyl (C=O) groups excluding carboxylic acids is 2. The lowest BCUT2D eigenvalue weighted by molar-refractivity contribution is -0.162. The van der Waals surface area contributed by atoms with Crippen LogP contribution in [0.3, 0.4) is 0 Å². The quantitative estimate of drug-likeness (QED) is 0.869. The Kier molecular flexibility index (Phi) is 3.64. The average molecular weight is 371 g/mol. The Bertz CT molecular complexity index is 590. The van der Waals surface area contributed by atoms with E-state index in [1.807, 2.05) is 17.0 Å². The van der Waals surface area contributed by atoms with E-state index in [0.717, 1.165) is 34.3 Å². The molecule has 1 saturated heterocycles. The maximum Gasteiger partial charge on any atom is 0.248 e. The minimum Gasteiger partial charge on any atom is -0.340 e. The van der Waals surface area contributed by atoms with Gasteiger partial charge in [-0.25, -0.2) is 0 Å². The molecule has 0 bridgehead atoms. The number of hydrogen-bond acceptors (Lipinski definition) is 3. The first-order valence-electron chi connectivity index (χ1n) is 7.24. The van der Waals surface area contributed by atoms with E-state index in [9.17, 15) is 9.59 Å². The van der Waals surface area contributed by atoms with Crippen molar-refractivity contribution in [2.24, 2.45) is 0 Å². The molecule has 1 aromatic rings. The number of amides is 2. The number of nitrogens with zero attached hydrogens (tertiary/aromatic N) is 1. The molecular weight excluding hydrogens is 352 g/mol. The second kappa shape index (κ2) is 5.09. The van der Waals surface area contributed by atoms with E-state index in [1.54, 1.807) is 25.2 Å². The summed E-state index contributed by atoms with van der Waals surface area (Å²) in [6.07, 6.45) is 3.55. The number of nitrogens with one attached hydrogen (secondary N) is 1. The molecule has 4 nitrogen and oxygen atoms in total. The number of piperazine rings is 1. The summed E-state index contributed by atoms with van der Waals surface area (Å²) in [5.41, 5.74) is -1.46. The van der Waals surface area contributed by atoms with Crippen LogP contribution < -0.4 is 5.32 Å². The van der Waals surface area contributed by atoms with Gasteiger partial charge in [0.05, 0.1) is 10.3 Å². The summed E-state index contributed by atoms with van der Waals surface area (Å²) >= 11 is 5.08. The molecule has 1 spiro atoms. The molecule has 0 atom stereocenters. The maximum absolute atomic E-state index is 12.9. The normalized spacial score (nSPS) is 23.7. The van der Waals surface area contributed by atoms with Crippen molar-refractivity contribution in [1.82, 2.24) is 10.2 Å². The van der Waals surface area contributed by atoms with Crippen molar-refractivity contribution in [1.29, 1.82) is 0 Å². The Morgan fingerprint density at radius 2 is 1.95 bits per heavy atom. The van der Waals surface area contributed by atoms with E-state index in [1.165, 1.54) is 0 Å². The maximum atomic E-state index is 12.9. The zero-order valence-electron chi connectivity index (χ0n) is 12.2. The molecule has 0 aromatic carbocycles. The fourth-order valence-corrected chi connectivity index (χ4v) is 4.85. The van der Waals surface area contributed by atoms with Gasteiger partial charge in [-0.15, -0.1) is 11.3 Å². The van der Waals surface area contributed by atoms with Gasteiger partial charge in [-0.3, -0.25) is 9.59 Å². The van der Waals surface area contributed by atoms with Crippen molar-refractivity contribution in [3.8, 4) is 0 Å². The molecular formula is C15H19BrN2O2S. The smallest absolute Gasteiger partial charge is 0.248 e. The Morgan fingerprint density at radius 1 is 1.29 bits per heavy atom. The van der Waals surface area contributed by atoms with Gasteiger partial charge in [-0.2, -0.15) is 0 Å². The van der Waals surface area contributed by atoms with Crippen LogP contribution in [-0.4, -0.2) is 27.8 Å². The van der Waals surface area contributed by atoms with E-state index < -0.39 is 11.1 Å². The first kappa shape index (κ1) is 15.0. The van der Waals surface area contributed by atoms with Gasteiger partial charge in [-0.05, 0) is 54.8 Å². The highest BCUT2D eigenvalue weighted by Crippen LogP contribution is 2.41. The first-order chi connectivity index (χ1) is 9.85. The predicted molar refractivity (Wildman–Crippen MR) is 86.0 cm³/mol. The molecule has 21 heavy (non-hydrogen) atoms. The van der Waals surface area contributed by atoms with Gasteiger partial charge in [0.2, 0.25) is 11.8 Å². The molecule has 1 saturated carbocycles. The lowest BCUT2D eigenvalue weighted by Crippen LogP contribution is -2.73. The zero-order valence-corrected chi connectivity index (χ0v) is 14.6. The summed E-state index contributed by atoms with van der Waals surface area (Å²) < 4.78 is 1.05. The molecule has 0 radical (unpaired) electrons. The van der Waals surface area contributed by atoms with Gasteiger partial charge in [0.25, 0.3) is 0 Å². The highest BCUT2D eigenvalue weighted by Gasteiger charge is 2.56.